The van der Waals surface area contributed by atoms with Crippen LogP contribution < -0.4 is 10.0 Å². The molecule has 2 aromatic carbocycles. The molecule has 1 atom stereocenters. The van der Waals surface area contributed by atoms with Crippen molar-refractivity contribution in [3.63, 3.8) is 0 Å². The zero-order chi connectivity index (χ0) is 18.3. The summed E-state index contributed by atoms with van der Waals surface area (Å²) >= 11 is 0. The first-order chi connectivity index (χ1) is 11.9. The lowest BCUT2D eigenvalue weighted by atomic mass is 10.1. The van der Waals surface area contributed by atoms with Crippen LogP contribution in [0.4, 0.5) is 0 Å². The SMILES string of the molecule is CCCCNS(=O)(=O)c1ccc(C(=O)NC(C)c2ccccc2)cc1. The normalized spacial score (nSPS) is 12.6. The van der Waals surface area contributed by atoms with Crippen molar-refractivity contribution >= 4 is 15.9 Å². The van der Waals surface area contributed by atoms with Gasteiger partial charge in [-0.2, -0.15) is 0 Å². The Morgan fingerprint density at radius 1 is 1.04 bits per heavy atom. The van der Waals surface area contributed by atoms with E-state index < -0.39 is 10.0 Å². The second-order valence-corrected chi connectivity index (χ2v) is 7.65. The largest absolute Gasteiger partial charge is 0.346 e. The molecular weight excluding hydrogens is 336 g/mol. The zero-order valence-corrected chi connectivity index (χ0v) is 15.3. The van der Waals surface area contributed by atoms with Crippen LogP contribution in [0.3, 0.4) is 0 Å². The molecule has 2 aromatic rings. The average Bonchev–Trinajstić information content (AvgIpc) is 2.62. The van der Waals surface area contributed by atoms with Crippen molar-refractivity contribution in [1.29, 1.82) is 0 Å². The highest BCUT2D eigenvalue weighted by molar-refractivity contribution is 7.89. The first kappa shape index (κ1) is 19.1. The average molecular weight is 360 g/mol. The summed E-state index contributed by atoms with van der Waals surface area (Å²) in [6, 6.07) is 15.5. The number of carbonyl (C=O) groups is 1. The molecule has 2 rings (SSSR count). The Kier molecular flexibility index (Phi) is 6.73. The molecule has 2 N–H and O–H groups in total. The van der Waals surface area contributed by atoms with Gasteiger partial charge in [0.15, 0.2) is 0 Å². The van der Waals surface area contributed by atoms with Gasteiger partial charge in [0, 0.05) is 12.1 Å². The Balaban J connectivity index is 2.03. The molecule has 25 heavy (non-hydrogen) atoms. The number of carbonyl (C=O) groups excluding carboxylic acids is 1. The molecule has 134 valence electrons. The highest BCUT2D eigenvalue weighted by Crippen LogP contribution is 2.14. The van der Waals surface area contributed by atoms with E-state index >= 15 is 0 Å². The first-order valence-electron chi connectivity index (χ1n) is 8.39. The molecule has 0 aliphatic carbocycles. The molecule has 0 aliphatic rings. The minimum absolute atomic E-state index is 0.132. The lowest BCUT2D eigenvalue weighted by Gasteiger charge is -2.14. The summed E-state index contributed by atoms with van der Waals surface area (Å²) in [4.78, 5) is 12.5. The van der Waals surface area contributed by atoms with Crippen LogP contribution in [0.1, 0.15) is 48.7 Å². The van der Waals surface area contributed by atoms with Gasteiger partial charge in [0.05, 0.1) is 10.9 Å². The minimum Gasteiger partial charge on any atom is -0.346 e. The summed E-state index contributed by atoms with van der Waals surface area (Å²) in [5, 5.41) is 2.91. The number of hydrogen-bond acceptors (Lipinski definition) is 3. The summed E-state index contributed by atoms with van der Waals surface area (Å²) in [5.41, 5.74) is 1.44. The minimum atomic E-state index is -3.52. The molecule has 0 bridgehead atoms. The second kappa shape index (κ2) is 8.78. The van der Waals surface area contributed by atoms with E-state index in [9.17, 15) is 13.2 Å². The summed E-state index contributed by atoms with van der Waals surface area (Å²) in [6.07, 6.45) is 1.71. The van der Waals surface area contributed by atoms with Crippen LogP contribution in [-0.2, 0) is 10.0 Å². The van der Waals surface area contributed by atoms with Crippen LogP contribution >= 0.6 is 0 Å². The van der Waals surface area contributed by atoms with E-state index in [1.807, 2.05) is 44.2 Å². The predicted molar refractivity (Wildman–Crippen MR) is 98.9 cm³/mol. The predicted octanol–water partition coefficient (Wildman–Crippen LogP) is 3.26. The second-order valence-electron chi connectivity index (χ2n) is 5.88. The molecule has 0 saturated heterocycles. The van der Waals surface area contributed by atoms with Crippen LogP contribution in [0.25, 0.3) is 0 Å². The van der Waals surface area contributed by atoms with Gasteiger partial charge in [-0.05, 0) is 43.2 Å². The maximum Gasteiger partial charge on any atom is 0.251 e. The number of unbranched alkanes of at least 4 members (excludes halogenated alkanes) is 1. The van der Waals surface area contributed by atoms with Crippen LogP contribution in [0, 0.1) is 0 Å². The number of benzene rings is 2. The van der Waals surface area contributed by atoms with Gasteiger partial charge < -0.3 is 5.32 Å². The Morgan fingerprint density at radius 3 is 2.28 bits per heavy atom. The van der Waals surface area contributed by atoms with Crippen molar-refractivity contribution in [2.24, 2.45) is 0 Å². The van der Waals surface area contributed by atoms with Crippen LogP contribution in [-0.4, -0.2) is 20.9 Å². The summed E-state index contributed by atoms with van der Waals surface area (Å²) in [5.74, 6) is -0.237. The highest BCUT2D eigenvalue weighted by Gasteiger charge is 2.15. The van der Waals surface area contributed by atoms with Gasteiger partial charge >= 0.3 is 0 Å². The van der Waals surface area contributed by atoms with Crippen molar-refractivity contribution in [1.82, 2.24) is 10.0 Å². The Labute approximate surface area is 149 Å². The molecular formula is C19H24N2O3S. The quantitative estimate of drug-likeness (QED) is 0.710. The van der Waals surface area contributed by atoms with Crippen molar-refractivity contribution in [2.75, 3.05) is 6.54 Å². The number of hydrogen-bond donors (Lipinski definition) is 2. The highest BCUT2D eigenvalue weighted by atomic mass is 32.2. The van der Waals surface area contributed by atoms with Crippen molar-refractivity contribution in [3.8, 4) is 0 Å². The summed E-state index contributed by atoms with van der Waals surface area (Å²) < 4.78 is 26.8. The van der Waals surface area contributed by atoms with E-state index in [1.165, 1.54) is 24.3 Å². The lowest BCUT2D eigenvalue weighted by molar-refractivity contribution is 0.0940. The summed E-state index contributed by atoms with van der Waals surface area (Å²) in [7, 11) is -3.52. The monoisotopic (exact) mass is 360 g/mol. The molecule has 0 saturated carbocycles. The standard InChI is InChI=1S/C19H24N2O3S/c1-3-4-14-20-25(23,24)18-12-10-17(11-13-18)19(22)21-15(2)16-8-6-5-7-9-16/h5-13,15,20H,3-4,14H2,1-2H3,(H,21,22). The third kappa shape index (κ3) is 5.41. The zero-order valence-electron chi connectivity index (χ0n) is 14.5. The molecule has 6 heteroatoms. The van der Waals surface area contributed by atoms with Crippen LogP contribution in [0.15, 0.2) is 59.5 Å². The fourth-order valence-electron chi connectivity index (χ4n) is 2.36. The van der Waals surface area contributed by atoms with Gasteiger partial charge in [0.2, 0.25) is 10.0 Å². The van der Waals surface area contributed by atoms with E-state index in [2.05, 4.69) is 10.0 Å². The van der Waals surface area contributed by atoms with Crippen molar-refractivity contribution < 1.29 is 13.2 Å². The molecule has 0 heterocycles. The summed E-state index contributed by atoms with van der Waals surface area (Å²) in [6.45, 7) is 4.32. The van der Waals surface area contributed by atoms with Crippen LogP contribution in [0.5, 0.6) is 0 Å². The number of nitrogens with one attached hydrogen (secondary N) is 2. The molecule has 0 aromatic heterocycles. The van der Waals surface area contributed by atoms with Gasteiger partial charge in [-0.3, -0.25) is 4.79 Å². The maximum atomic E-state index is 12.3. The molecule has 1 unspecified atom stereocenters. The van der Waals surface area contributed by atoms with Crippen molar-refractivity contribution in [2.45, 2.75) is 37.6 Å². The molecule has 5 nitrogen and oxygen atoms in total. The van der Waals surface area contributed by atoms with Gasteiger partial charge in [-0.25, -0.2) is 13.1 Å². The maximum absolute atomic E-state index is 12.3. The van der Waals surface area contributed by atoms with E-state index in [4.69, 9.17) is 0 Å². The first-order valence-corrected chi connectivity index (χ1v) is 9.88. The Morgan fingerprint density at radius 2 is 1.68 bits per heavy atom. The molecule has 0 radical (unpaired) electrons. The fourth-order valence-corrected chi connectivity index (χ4v) is 3.43. The van der Waals surface area contributed by atoms with Gasteiger partial charge in [-0.1, -0.05) is 43.7 Å². The fraction of sp³-hybridized carbons (Fsp3) is 0.316. The third-order valence-electron chi connectivity index (χ3n) is 3.90. The molecule has 1 amide bonds. The molecule has 0 spiro atoms. The van der Waals surface area contributed by atoms with E-state index in [-0.39, 0.29) is 16.8 Å². The number of rotatable bonds is 8. The Hall–Kier alpha value is -2.18. The van der Waals surface area contributed by atoms with E-state index in [0.717, 1.165) is 18.4 Å². The Bertz CT molecular complexity index is 787. The smallest absolute Gasteiger partial charge is 0.251 e. The van der Waals surface area contributed by atoms with Gasteiger partial charge in [0.25, 0.3) is 5.91 Å². The van der Waals surface area contributed by atoms with Gasteiger partial charge in [-0.15, -0.1) is 0 Å². The van der Waals surface area contributed by atoms with Gasteiger partial charge in [0.1, 0.15) is 0 Å². The van der Waals surface area contributed by atoms with Crippen LogP contribution in [0.2, 0.25) is 0 Å². The molecule has 0 aliphatic heterocycles. The van der Waals surface area contributed by atoms with E-state index in [0.29, 0.717) is 12.1 Å². The number of sulfonamides is 1. The lowest BCUT2D eigenvalue weighted by Crippen LogP contribution is -2.27. The third-order valence-corrected chi connectivity index (χ3v) is 5.37. The topological polar surface area (TPSA) is 75.3 Å². The van der Waals surface area contributed by atoms with Crippen molar-refractivity contribution in [3.05, 3.63) is 65.7 Å². The molecule has 0 fully saturated rings. The number of amides is 1. The van der Waals surface area contributed by atoms with E-state index in [1.54, 1.807) is 0 Å².